The Morgan fingerprint density at radius 2 is 1.76 bits per heavy atom. The number of hydrogen-bond donors (Lipinski definition) is 3. The van der Waals surface area contributed by atoms with Gasteiger partial charge in [-0.2, -0.15) is 0 Å². The summed E-state index contributed by atoms with van der Waals surface area (Å²) in [5.41, 5.74) is 1.58. The van der Waals surface area contributed by atoms with Gasteiger partial charge in [0.1, 0.15) is 5.75 Å². The Morgan fingerprint density at radius 1 is 0.976 bits per heavy atom. The summed E-state index contributed by atoms with van der Waals surface area (Å²) in [5, 5.41) is 9.03. The summed E-state index contributed by atoms with van der Waals surface area (Å²) in [6.45, 7) is 4.33. The molecule has 1 fully saturated rings. The minimum atomic E-state index is -0.906. The number of hydrogen-bond acceptors (Lipinski definition) is 7. The van der Waals surface area contributed by atoms with Crippen LogP contribution in [0, 0.1) is 11.7 Å². The van der Waals surface area contributed by atoms with Gasteiger partial charge in [0.25, 0.3) is 0 Å². The number of amides is 2. The van der Waals surface area contributed by atoms with Crippen molar-refractivity contribution in [3.8, 4) is 23.0 Å². The maximum atomic E-state index is 15.1. The first-order valence-corrected chi connectivity index (χ1v) is 13.9. The number of rotatable bonds is 9. The monoisotopic (exact) mass is 572 g/mol. The van der Waals surface area contributed by atoms with Gasteiger partial charge in [0, 0.05) is 29.4 Å². The van der Waals surface area contributed by atoms with Gasteiger partial charge in [0.05, 0.1) is 25.3 Å². The molecule has 4 aromatic rings. The second-order valence-corrected chi connectivity index (χ2v) is 10.1. The van der Waals surface area contributed by atoms with Crippen LogP contribution in [0.1, 0.15) is 31.4 Å². The lowest BCUT2D eigenvalue weighted by Crippen LogP contribution is -2.36. The molecule has 2 amide bonds. The van der Waals surface area contributed by atoms with Crippen LogP contribution in [0.5, 0.6) is 23.0 Å². The van der Waals surface area contributed by atoms with Gasteiger partial charge in [0.15, 0.2) is 23.1 Å². The number of ether oxygens (including phenoxy) is 3. The Hall–Kier alpha value is -4.70. The van der Waals surface area contributed by atoms with Crippen molar-refractivity contribution in [2.45, 2.75) is 25.8 Å². The number of nitrogens with one attached hydrogen (secondary N) is 3. The van der Waals surface area contributed by atoms with Crippen LogP contribution in [-0.4, -0.2) is 43.6 Å². The molecule has 3 aromatic carbocycles. The highest BCUT2D eigenvalue weighted by Gasteiger charge is 2.19. The van der Waals surface area contributed by atoms with Crippen LogP contribution < -0.4 is 30.2 Å². The van der Waals surface area contributed by atoms with Gasteiger partial charge >= 0.3 is 11.8 Å². The van der Waals surface area contributed by atoms with E-state index >= 15 is 4.39 Å². The van der Waals surface area contributed by atoms with E-state index in [1.807, 2.05) is 30.3 Å². The van der Waals surface area contributed by atoms with E-state index in [2.05, 4.69) is 20.9 Å². The van der Waals surface area contributed by atoms with Crippen molar-refractivity contribution in [3.63, 3.8) is 0 Å². The van der Waals surface area contributed by atoms with Gasteiger partial charge in [-0.05, 0) is 68.6 Å². The third-order valence-corrected chi connectivity index (χ3v) is 7.18. The van der Waals surface area contributed by atoms with E-state index < -0.39 is 17.6 Å². The normalized spacial score (nSPS) is 14.2. The fraction of sp³-hybridized carbons (Fsp3) is 0.281. The van der Waals surface area contributed by atoms with E-state index in [0.717, 1.165) is 37.6 Å². The molecular weight excluding hydrogens is 539 g/mol. The number of aromatic nitrogens is 1. The number of anilines is 1. The molecular formula is C32H33FN4O5. The molecule has 1 atom stereocenters. The van der Waals surface area contributed by atoms with Crippen LogP contribution in [0.2, 0.25) is 0 Å². The Labute approximate surface area is 243 Å². The van der Waals surface area contributed by atoms with E-state index in [1.54, 1.807) is 38.4 Å². The minimum Gasteiger partial charge on any atom is -0.493 e. The second kappa shape index (κ2) is 13.3. The van der Waals surface area contributed by atoms with Gasteiger partial charge in [-0.3, -0.25) is 14.6 Å². The van der Waals surface area contributed by atoms with E-state index in [1.165, 1.54) is 12.1 Å². The second-order valence-electron chi connectivity index (χ2n) is 10.1. The molecule has 0 spiro atoms. The Balaban J connectivity index is 1.26. The van der Waals surface area contributed by atoms with E-state index in [9.17, 15) is 9.59 Å². The first kappa shape index (κ1) is 28.8. The average molecular weight is 573 g/mol. The molecule has 10 heteroatoms. The number of methoxy groups -OCH3 is 1. The van der Waals surface area contributed by atoms with E-state index in [4.69, 9.17) is 14.2 Å². The van der Waals surface area contributed by atoms with Gasteiger partial charge in [-0.1, -0.05) is 30.3 Å². The first-order valence-electron chi connectivity index (χ1n) is 13.9. The highest BCUT2D eigenvalue weighted by molar-refractivity contribution is 6.39. The molecule has 0 radical (unpaired) electrons. The van der Waals surface area contributed by atoms with Crippen molar-refractivity contribution >= 4 is 28.4 Å². The molecule has 1 aliphatic rings. The number of piperidine rings is 1. The van der Waals surface area contributed by atoms with Gasteiger partial charge < -0.3 is 30.2 Å². The summed E-state index contributed by atoms with van der Waals surface area (Å²) in [6.07, 6.45) is 3.68. The zero-order valence-corrected chi connectivity index (χ0v) is 23.5. The van der Waals surface area contributed by atoms with Crippen LogP contribution in [0.3, 0.4) is 0 Å². The summed E-state index contributed by atoms with van der Waals surface area (Å²) in [6, 6.07) is 18.0. The molecule has 1 aliphatic heterocycles. The number of benzene rings is 3. The molecule has 0 aliphatic carbocycles. The molecule has 0 unspecified atom stereocenters. The number of pyridine rings is 1. The van der Waals surface area contributed by atoms with Crippen molar-refractivity contribution in [2.75, 3.05) is 32.1 Å². The largest absolute Gasteiger partial charge is 0.493 e. The third kappa shape index (κ3) is 6.95. The van der Waals surface area contributed by atoms with Crippen LogP contribution in [0.15, 0.2) is 72.9 Å². The van der Waals surface area contributed by atoms with Crippen molar-refractivity contribution in [3.05, 3.63) is 84.3 Å². The lowest BCUT2D eigenvalue weighted by Gasteiger charge is -2.23. The predicted molar refractivity (Wildman–Crippen MR) is 157 cm³/mol. The summed E-state index contributed by atoms with van der Waals surface area (Å²) in [4.78, 5) is 29.2. The fourth-order valence-corrected chi connectivity index (χ4v) is 4.80. The SMILES string of the molecule is COc1cc2c(Oc3ccc(NC(=O)C(=O)N[C@@H](C)c4ccccc4)cc3F)ccnc2cc1OCC1CCNCC1. The zero-order valence-electron chi connectivity index (χ0n) is 23.5. The van der Waals surface area contributed by atoms with Crippen LogP contribution in [0.25, 0.3) is 10.9 Å². The van der Waals surface area contributed by atoms with Crippen molar-refractivity contribution in [2.24, 2.45) is 5.92 Å². The molecule has 0 bridgehead atoms. The molecule has 5 rings (SSSR count). The molecule has 3 N–H and O–H groups in total. The lowest BCUT2D eigenvalue weighted by atomic mass is 9.99. The quantitative estimate of drug-likeness (QED) is 0.231. The average Bonchev–Trinajstić information content (AvgIpc) is 3.01. The molecule has 2 heterocycles. The topological polar surface area (TPSA) is 111 Å². The number of carbonyl (C=O) groups excluding carboxylic acids is 2. The molecule has 42 heavy (non-hydrogen) atoms. The summed E-state index contributed by atoms with van der Waals surface area (Å²) >= 11 is 0. The highest BCUT2D eigenvalue weighted by atomic mass is 19.1. The number of fused-ring (bicyclic) bond motifs is 1. The van der Waals surface area contributed by atoms with Crippen molar-refractivity contribution in [1.82, 2.24) is 15.6 Å². The van der Waals surface area contributed by atoms with E-state index in [-0.39, 0.29) is 17.5 Å². The summed E-state index contributed by atoms with van der Waals surface area (Å²) in [5.74, 6) is -0.572. The van der Waals surface area contributed by atoms with Gasteiger partial charge in [-0.15, -0.1) is 0 Å². The zero-order chi connectivity index (χ0) is 29.5. The highest BCUT2D eigenvalue weighted by Crippen LogP contribution is 2.38. The van der Waals surface area contributed by atoms with Crippen LogP contribution in [-0.2, 0) is 9.59 Å². The number of nitrogens with zero attached hydrogens (tertiary/aromatic N) is 1. The molecule has 0 saturated carbocycles. The summed E-state index contributed by atoms with van der Waals surface area (Å²) < 4.78 is 32.7. The Morgan fingerprint density at radius 3 is 2.50 bits per heavy atom. The number of halogens is 1. The smallest absolute Gasteiger partial charge is 0.313 e. The maximum Gasteiger partial charge on any atom is 0.313 e. The third-order valence-electron chi connectivity index (χ3n) is 7.18. The Kier molecular flexibility index (Phi) is 9.13. The number of carbonyl (C=O) groups is 2. The van der Waals surface area contributed by atoms with E-state index in [0.29, 0.717) is 40.7 Å². The van der Waals surface area contributed by atoms with Gasteiger partial charge in [-0.25, -0.2) is 4.39 Å². The maximum absolute atomic E-state index is 15.1. The first-order chi connectivity index (χ1) is 20.4. The predicted octanol–water partition coefficient (Wildman–Crippen LogP) is 5.37. The Bertz CT molecular complexity index is 1560. The van der Waals surface area contributed by atoms with Crippen LogP contribution >= 0.6 is 0 Å². The lowest BCUT2D eigenvalue weighted by molar-refractivity contribution is -0.136. The van der Waals surface area contributed by atoms with Crippen LogP contribution in [0.4, 0.5) is 10.1 Å². The van der Waals surface area contributed by atoms with Gasteiger partial charge in [0.2, 0.25) is 0 Å². The molecule has 218 valence electrons. The summed E-state index contributed by atoms with van der Waals surface area (Å²) in [7, 11) is 1.56. The molecule has 1 aromatic heterocycles. The molecule has 1 saturated heterocycles. The van der Waals surface area contributed by atoms with Crippen molar-refractivity contribution < 1.29 is 28.2 Å². The fourth-order valence-electron chi connectivity index (χ4n) is 4.80. The van der Waals surface area contributed by atoms with Crippen molar-refractivity contribution in [1.29, 1.82) is 0 Å². The minimum absolute atomic E-state index is 0.0622. The molecule has 9 nitrogen and oxygen atoms in total. The standard InChI is InChI=1S/C32H33FN4O5/c1-20(22-6-4-3-5-7-22)36-31(38)32(39)37-23-8-9-28(25(33)16-23)42-27-12-15-35-26-18-30(29(40-2)17-24(26)27)41-19-21-10-13-34-14-11-21/h3-9,12,15-18,20-21,34H,10-11,13-14,19H2,1-2H3,(H,36,38)(H,37,39)/t20-/m0/s1.